The molecule has 4 heteroatoms. The van der Waals surface area contributed by atoms with E-state index >= 15 is 0 Å². The summed E-state index contributed by atoms with van der Waals surface area (Å²) in [6.07, 6.45) is 0.174. The van der Waals surface area contributed by atoms with Crippen LogP contribution in [0.25, 0.3) is 0 Å². The molecule has 1 saturated heterocycles. The largest absolute Gasteiger partial charge is 0.393 e. The van der Waals surface area contributed by atoms with E-state index < -0.39 is 17.7 Å². The van der Waals surface area contributed by atoms with Crippen molar-refractivity contribution in [1.29, 1.82) is 0 Å². The molecule has 2 nitrogen and oxygen atoms in total. The van der Waals surface area contributed by atoms with Crippen molar-refractivity contribution in [3.8, 4) is 0 Å². The zero-order valence-electron chi connectivity index (χ0n) is 8.83. The van der Waals surface area contributed by atoms with Crippen LogP contribution in [0.15, 0.2) is 18.2 Å². The van der Waals surface area contributed by atoms with Gasteiger partial charge in [-0.05, 0) is 25.0 Å². The van der Waals surface area contributed by atoms with Gasteiger partial charge in [0, 0.05) is 18.1 Å². The van der Waals surface area contributed by atoms with E-state index in [0.29, 0.717) is 19.6 Å². The summed E-state index contributed by atoms with van der Waals surface area (Å²) >= 11 is 0. The van der Waals surface area contributed by atoms with Crippen LogP contribution in [0.5, 0.6) is 0 Å². The number of aliphatic hydroxyl groups is 1. The van der Waals surface area contributed by atoms with Crippen molar-refractivity contribution < 1.29 is 18.6 Å². The number of hydrogen-bond donors (Lipinski definition) is 1. The summed E-state index contributed by atoms with van der Waals surface area (Å²) in [6, 6.07) is 3.80. The Morgan fingerprint density at radius 1 is 1.31 bits per heavy atom. The fourth-order valence-electron chi connectivity index (χ4n) is 1.97. The number of hydrogen-bond acceptors (Lipinski definition) is 2. The molecule has 1 aliphatic heterocycles. The molecule has 1 aromatic rings. The SMILES string of the molecule is OC1CCOCC1Cc1c(F)cccc1F. The molecular formula is C12H14F2O2. The summed E-state index contributed by atoms with van der Waals surface area (Å²) < 4.78 is 31.9. The summed E-state index contributed by atoms with van der Waals surface area (Å²) in [6.45, 7) is 0.867. The van der Waals surface area contributed by atoms with Crippen LogP contribution in [0, 0.1) is 17.6 Å². The van der Waals surface area contributed by atoms with E-state index in [1.165, 1.54) is 18.2 Å². The van der Waals surface area contributed by atoms with E-state index in [-0.39, 0.29) is 17.9 Å². The molecule has 2 atom stereocenters. The van der Waals surface area contributed by atoms with E-state index in [0.717, 1.165) is 0 Å². The maximum absolute atomic E-state index is 13.4. The standard InChI is InChI=1S/C12H14F2O2/c13-10-2-1-3-11(14)9(10)6-8-7-16-5-4-12(8)15/h1-3,8,12,15H,4-7H2. The molecule has 16 heavy (non-hydrogen) atoms. The van der Waals surface area contributed by atoms with Crippen LogP contribution < -0.4 is 0 Å². The van der Waals surface area contributed by atoms with Crippen LogP contribution in [0.2, 0.25) is 0 Å². The number of halogens is 2. The van der Waals surface area contributed by atoms with Crippen molar-refractivity contribution in [3.63, 3.8) is 0 Å². The van der Waals surface area contributed by atoms with Gasteiger partial charge in [0.1, 0.15) is 11.6 Å². The third-order valence-corrected chi connectivity index (χ3v) is 2.96. The molecule has 1 fully saturated rings. The van der Waals surface area contributed by atoms with Crippen LogP contribution in [-0.4, -0.2) is 24.4 Å². The predicted octanol–water partition coefficient (Wildman–Crippen LogP) is 1.90. The molecule has 0 saturated carbocycles. The van der Waals surface area contributed by atoms with Gasteiger partial charge in [0.2, 0.25) is 0 Å². The van der Waals surface area contributed by atoms with E-state index in [1.54, 1.807) is 0 Å². The monoisotopic (exact) mass is 228 g/mol. The fourth-order valence-corrected chi connectivity index (χ4v) is 1.97. The lowest BCUT2D eigenvalue weighted by molar-refractivity contribution is -0.0355. The molecule has 0 aromatic heterocycles. The minimum absolute atomic E-state index is 0.0389. The molecule has 0 radical (unpaired) electrons. The molecule has 1 N–H and O–H groups in total. The maximum atomic E-state index is 13.4. The van der Waals surface area contributed by atoms with Crippen molar-refractivity contribution in [2.45, 2.75) is 18.9 Å². The van der Waals surface area contributed by atoms with Crippen molar-refractivity contribution in [1.82, 2.24) is 0 Å². The summed E-state index contributed by atoms with van der Waals surface area (Å²) in [5, 5.41) is 9.69. The first kappa shape index (κ1) is 11.5. The molecule has 0 amide bonds. The highest BCUT2D eigenvalue weighted by Crippen LogP contribution is 2.22. The first-order valence-corrected chi connectivity index (χ1v) is 5.37. The molecule has 2 unspecified atom stereocenters. The summed E-state index contributed by atoms with van der Waals surface area (Å²) in [7, 11) is 0. The van der Waals surface area contributed by atoms with Gasteiger partial charge < -0.3 is 9.84 Å². The molecule has 1 aromatic carbocycles. The Morgan fingerprint density at radius 2 is 2.00 bits per heavy atom. The summed E-state index contributed by atoms with van der Waals surface area (Å²) in [4.78, 5) is 0. The lowest BCUT2D eigenvalue weighted by atomic mass is 9.91. The first-order chi connectivity index (χ1) is 7.68. The van der Waals surface area contributed by atoms with Gasteiger partial charge in [-0.25, -0.2) is 8.78 Å². The normalized spacial score (nSPS) is 25.7. The minimum atomic E-state index is -0.558. The third-order valence-electron chi connectivity index (χ3n) is 2.96. The zero-order valence-corrected chi connectivity index (χ0v) is 8.83. The predicted molar refractivity (Wildman–Crippen MR) is 55.0 cm³/mol. The Balaban J connectivity index is 2.13. The second-order valence-electron chi connectivity index (χ2n) is 4.10. The lowest BCUT2D eigenvalue weighted by Crippen LogP contribution is -2.33. The molecule has 0 spiro atoms. The van der Waals surface area contributed by atoms with Gasteiger partial charge in [-0.1, -0.05) is 6.07 Å². The van der Waals surface area contributed by atoms with Crippen molar-refractivity contribution in [2.75, 3.05) is 13.2 Å². The molecule has 0 bridgehead atoms. The van der Waals surface area contributed by atoms with Gasteiger partial charge in [-0.3, -0.25) is 0 Å². The smallest absolute Gasteiger partial charge is 0.129 e. The van der Waals surface area contributed by atoms with Crippen LogP contribution >= 0.6 is 0 Å². The van der Waals surface area contributed by atoms with Crippen molar-refractivity contribution >= 4 is 0 Å². The number of rotatable bonds is 2. The van der Waals surface area contributed by atoms with Gasteiger partial charge in [-0.2, -0.15) is 0 Å². The Labute approximate surface area is 92.9 Å². The van der Waals surface area contributed by atoms with Gasteiger partial charge in [0.15, 0.2) is 0 Å². The summed E-state index contributed by atoms with van der Waals surface area (Å²) in [5.74, 6) is -1.34. The third kappa shape index (κ3) is 2.39. The van der Waals surface area contributed by atoms with Crippen molar-refractivity contribution in [2.24, 2.45) is 5.92 Å². The second-order valence-corrected chi connectivity index (χ2v) is 4.10. The maximum Gasteiger partial charge on any atom is 0.129 e. The quantitative estimate of drug-likeness (QED) is 0.837. The van der Waals surface area contributed by atoms with Crippen molar-refractivity contribution in [3.05, 3.63) is 35.4 Å². The van der Waals surface area contributed by atoms with E-state index in [4.69, 9.17) is 4.74 Å². The van der Waals surface area contributed by atoms with Crippen LogP contribution in [-0.2, 0) is 11.2 Å². The first-order valence-electron chi connectivity index (χ1n) is 5.37. The zero-order chi connectivity index (χ0) is 11.5. The van der Waals surface area contributed by atoms with Gasteiger partial charge in [0.05, 0.1) is 12.7 Å². The Bertz CT molecular complexity index is 348. The topological polar surface area (TPSA) is 29.5 Å². The van der Waals surface area contributed by atoms with Crippen LogP contribution in [0.1, 0.15) is 12.0 Å². The second kappa shape index (κ2) is 4.89. The summed E-state index contributed by atoms with van der Waals surface area (Å²) in [5.41, 5.74) is 0.0389. The average Bonchev–Trinajstić information content (AvgIpc) is 2.26. The highest BCUT2D eigenvalue weighted by molar-refractivity contribution is 5.20. The van der Waals surface area contributed by atoms with Gasteiger partial charge in [0.25, 0.3) is 0 Å². The highest BCUT2D eigenvalue weighted by atomic mass is 19.1. The Hall–Kier alpha value is -1.00. The van der Waals surface area contributed by atoms with E-state index in [9.17, 15) is 13.9 Å². The van der Waals surface area contributed by atoms with E-state index in [2.05, 4.69) is 0 Å². The molecular weight excluding hydrogens is 214 g/mol. The molecule has 1 aliphatic rings. The average molecular weight is 228 g/mol. The number of ether oxygens (including phenoxy) is 1. The molecule has 1 heterocycles. The Kier molecular flexibility index (Phi) is 3.51. The number of benzene rings is 1. The minimum Gasteiger partial charge on any atom is -0.393 e. The van der Waals surface area contributed by atoms with Crippen LogP contribution in [0.4, 0.5) is 8.78 Å². The molecule has 88 valence electrons. The van der Waals surface area contributed by atoms with E-state index in [1.807, 2.05) is 0 Å². The Morgan fingerprint density at radius 3 is 2.62 bits per heavy atom. The molecule has 2 rings (SSSR count). The fraction of sp³-hybridized carbons (Fsp3) is 0.500. The van der Waals surface area contributed by atoms with Gasteiger partial charge >= 0.3 is 0 Å². The molecule has 0 aliphatic carbocycles. The number of aliphatic hydroxyl groups excluding tert-OH is 1. The van der Waals surface area contributed by atoms with Crippen LogP contribution in [0.3, 0.4) is 0 Å². The van der Waals surface area contributed by atoms with Gasteiger partial charge in [-0.15, -0.1) is 0 Å². The lowest BCUT2D eigenvalue weighted by Gasteiger charge is -2.27. The highest BCUT2D eigenvalue weighted by Gasteiger charge is 2.26.